The van der Waals surface area contributed by atoms with E-state index in [9.17, 15) is 4.79 Å². The molecular formula is C8H12O2. The Morgan fingerprint density at radius 3 is 3.00 bits per heavy atom. The van der Waals surface area contributed by atoms with Crippen LogP contribution in [0.5, 0.6) is 0 Å². The first kappa shape index (κ1) is 7.48. The van der Waals surface area contributed by atoms with Crippen molar-refractivity contribution in [1.29, 1.82) is 0 Å². The SMILES string of the molecule is CC1CC(C=O)=CC(O)C1. The molecule has 0 fully saturated rings. The van der Waals surface area contributed by atoms with E-state index < -0.39 is 6.10 Å². The van der Waals surface area contributed by atoms with E-state index in [0.717, 1.165) is 24.7 Å². The minimum atomic E-state index is -0.399. The topological polar surface area (TPSA) is 37.3 Å². The fourth-order valence-corrected chi connectivity index (χ4v) is 1.37. The first-order chi connectivity index (χ1) is 4.72. The molecule has 2 heteroatoms. The Morgan fingerprint density at radius 1 is 1.80 bits per heavy atom. The highest BCUT2D eigenvalue weighted by Gasteiger charge is 2.16. The summed E-state index contributed by atoms with van der Waals surface area (Å²) in [7, 11) is 0. The highest BCUT2D eigenvalue weighted by molar-refractivity contribution is 5.73. The third-order valence-corrected chi connectivity index (χ3v) is 1.79. The van der Waals surface area contributed by atoms with E-state index in [2.05, 4.69) is 0 Å². The number of hydrogen-bond donors (Lipinski definition) is 1. The maximum absolute atomic E-state index is 10.3. The largest absolute Gasteiger partial charge is 0.389 e. The van der Waals surface area contributed by atoms with E-state index in [1.54, 1.807) is 6.08 Å². The molecule has 1 aliphatic rings. The molecule has 0 radical (unpaired) electrons. The third-order valence-electron chi connectivity index (χ3n) is 1.79. The van der Waals surface area contributed by atoms with Crippen molar-refractivity contribution in [2.24, 2.45) is 5.92 Å². The number of carbonyl (C=O) groups excluding carboxylic acids is 1. The van der Waals surface area contributed by atoms with Gasteiger partial charge in [0.05, 0.1) is 6.10 Å². The fraction of sp³-hybridized carbons (Fsp3) is 0.625. The average molecular weight is 140 g/mol. The van der Waals surface area contributed by atoms with Gasteiger partial charge in [0, 0.05) is 0 Å². The zero-order chi connectivity index (χ0) is 7.56. The lowest BCUT2D eigenvalue weighted by Crippen LogP contribution is -2.16. The van der Waals surface area contributed by atoms with E-state index in [-0.39, 0.29) is 0 Å². The van der Waals surface area contributed by atoms with Crippen LogP contribution in [-0.2, 0) is 4.79 Å². The van der Waals surface area contributed by atoms with Gasteiger partial charge in [0.25, 0.3) is 0 Å². The van der Waals surface area contributed by atoms with Crippen LogP contribution in [0.2, 0.25) is 0 Å². The van der Waals surface area contributed by atoms with Gasteiger partial charge in [-0.25, -0.2) is 0 Å². The van der Waals surface area contributed by atoms with Crippen LogP contribution in [-0.4, -0.2) is 17.5 Å². The van der Waals surface area contributed by atoms with E-state index in [1.165, 1.54) is 0 Å². The van der Waals surface area contributed by atoms with Crippen molar-refractivity contribution in [1.82, 2.24) is 0 Å². The smallest absolute Gasteiger partial charge is 0.145 e. The molecule has 0 aromatic rings. The molecule has 0 aromatic heterocycles. The Labute approximate surface area is 60.6 Å². The number of aldehydes is 1. The quantitative estimate of drug-likeness (QED) is 0.549. The normalized spacial score (nSPS) is 33.2. The highest BCUT2D eigenvalue weighted by atomic mass is 16.3. The summed E-state index contributed by atoms with van der Waals surface area (Å²) in [4.78, 5) is 10.3. The molecule has 2 atom stereocenters. The second-order valence-electron chi connectivity index (χ2n) is 2.97. The van der Waals surface area contributed by atoms with Crippen molar-refractivity contribution >= 4 is 6.29 Å². The standard InChI is InChI=1S/C8H12O2/c1-6-2-7(5-9)4-8(10)3-6/h4-6,8,10H,2-3H2,1H3. The predicted octanol–water partition coefficient (Wildman–Crippen LogP) is 0.903. The number of carbonyl (C=O) groups is 1. The summed E-state index contributed by atoms with van der Waals surface area (Å²) in [6.45, 7) is 2.04. The molecule has 1 rings (SSSR count). The Bertz CT molecular complexity index is 161. The Morgan fingerprint density at radius 2 is 2.50 bits per heavy atom. The molecule has 0 aliphatic heterocycles. The van der Waals surface area contributed by atoms with Crippen LogP contribution in [0.4, 0.5) is 0 Å². The first-order valence-corrected chi connectivity index (χ1v) is 3.56. The van der Waals surface area contributed by atoms with Gasteiger partial charge in [-0.2, -0.15) is 0 Å². The van der Waals surface area contributed by atoms with Crippen LogP contribution in [0, 0.1) is 5.92 Å². The summed E-state index contributed by atoms with van der Waals surface area (Å²) in [6, 6.07) is 0. The van der Waals surface area contributed by atoms with Gasteiger partial charge in [-0.3, -0.25) is 4.79 Å². The molecule has 0 saturated carbocycles. The third kappa shape index (κ3) is 1.67. The Hall–Kier alpha value is -0.630. The molecule has 0 aromatic carbocycles. The molecular weight excluding hydrogens is 128 g/mol. The van der Waals surface area contributed by atoms with Crippen LogP contribution in [0.25, 0.3) is 0 Å². The van der Waals surface area contributed by atoms with Gasteiger partial charge >= 0.3 is 0 Å². The van der Waals surface area contributed by atoms with Crippen molar-refractivity contribution < 1.29 is 9.90 Å². The summed E-state index contributed by atoms with van der Waals surface area (Å²) in [5.74, 6) is 0.445. The molecule has 0 saturated heterocycles. The van der Waals surface area contributed by atoms with Crippen LogP contribution in [0.3, 0.4) is 0 Å². The van der Waals surface area contributed by atoms with Crippen molar-refractivity contribution in [2.75, 3.05) is 0 Å². The number of hydrogen-bond acceptors (Lipinski definition) is 2. The van der Waals surface area contributed by atoms with Crippen molar-refractivity contribution in [3.63, 3.8) is 0 Å². The minimum absolute atomic E-state index is 0.399. The lowest BCUT2D eigenvalue weighted by atomic mass is 9.89. The van der Waals surface area contributed by atoms with Crippen LogP contribution in [0.15, 0.2) is 11.6 Å². The molecule has 0 bridgehead atoms. The molecule has 0 spiro atoms. The van der Waals surface area contributed by atoms with Crippen LogP contribution >= 0.6 is 0 Å². The minimum Gasteiger partial charge on any atom is -0.389 e. The lowest BCUT2D eigenvalue weighted by Gasteiger charge is -2.19. The van der Waals surface area contributed by atoms with Gasteiger partial charge < -0.3 is 5.11 Å². The number of aliphatic hydroxyl groups is 1. The molecule has 10 heavy (non-hydrogen) atoms. The van der Waals surface area contributed by atoms with E-state index in [4.69, 9.17) is 5.11 Å². The lowest BCUT2D eigenvalue weighted by molar-refractivity contribution is -0.105. The zero-order valence-corrected chi connectivity index (χ0v) is 6.08. The highest BCUT2D eigenvalue weighted by Crippen LogP contribution is 2.22. The van der Waals surface area contributed by atoms with Gasteiger partial charge in [-0.05, 0) is 30.4 Å². The summed E-state index contributed by atoms with van der Waals surface area (Å²) in [5, 5.41) is 9.15. The molecule has 56 valence electrons. The number of allylic oxidation sites excluding steroid dienone is 1. The van der Waals surface area contributed by atoms with Crippen molar-refractivity contribution in [3.8, 4) is 0 Å². The molecule has 2 nitrogen and oxygen atoms in total. The fourth-order valence-electron chi connectivity index (χ4n) is 1.37. The van der Waals surface area contributed by atoms with E-state index >= 15 is 0 Å². The van der Waals surface area contributed by atoms with Gasteiger partial charge in [-0.1, -0.05) is 6.92 Å². The Balaban J connectivity index is 2.65. The van der Waals surface area contributed by atoms with Crippen molar-refractivity contribution in [2.45, 2.75) is 25.9 Å². The average Bonchev–Trinajstić information content (AvgIpc) is 1.85. The molecule has 0 heterocycles. The first-order valence-electron chi connectivity index (χ1n) is 3.56. The molecule has 1 N–H and O–H groups in total. The van der Waals surface area contributed by atoms with Gasteiger partial charge in [0.1, 0.15) is 6.29 Å². The maximum atomic E-state index is 10.3. The number of rotatable bonds is 1. The summed E-state index contributed by atoms with van der Waals surface area (Å²) in [6.07, 6.45) is 3.69. The molecule has 1 aliphatic carbocycles. The van der Waals surface area contributed by atoms with E-state index in [0.29, 0.717) is 5.92 Å². The molecule has 2 unspecified atom stereocenters. The summed E-state index contributed by atoms with van der Waals surface area (Å²) >= 11 is 0. The van der Waals surface area contributed by atoms with Crippen LogP contribution < -0.4 is 0 Å². The monoisotopic (exact) mass is 140 g/mol. The predicted molar refractivity (Wildman–Crippen MR) is 38.6 cm³/mol. The second kappa shape index (κ2) is 2.97. The molecule has 0 amide bonds. The summed E-state index contributed by atoms with van der Waals surface area (Å²) in [5.41, 5.74) is 0.742. The van der Waals surface area contributed by atoms with Gasteiger partial charge in [0.2, 0.25) is 0 Å². The van der Waals surface area contributed by atoms with Gasteiger partial charge in [-0.15, -0.1) is 0 Å². The summed E-state index contributed by atoms with van der Waals surface area (Å²) < 4.78 is 0. The van der Waals surface area contributed by atoms with Crippen LogP contribution in [0.1, 0.15) is 19.8 Å². The van der Waals surface area contributed by atoms with Gasteiger partial charge in [0.15, 0.2) is 0 Å². The Kier molecular flexibility index (Phi) is 2.22. The second-order valence-corrected chi connectivity index (χ2v) is 2.97. The van der Waals surface area contributed by atoms with Crippen molar-refractivity contribution in [3.05, 3.63) is 11.6 Å². The number of aliphatic hydroxyl groups excluding tert-OH is 1. The zero-order valence-electron chi connectivity index (χ0n) is 6.08. The maximum Gasteiger partial charge on any atom is 0.145 e. The van der Waals surface area contributed by atoms with E-state index in [1.807, 2.05) is 6.92 Å².